The fraction of sp³-hybridized carbons (Fsp3) is 0.500. The van der Waals surface area contributed by atoms with Gasteiger partial charge in [-0.05, 0) is 18.4 Å². The Kier molecular flexibility index (Phi) is 8.63. The third-order valence-corrected chi connectivity index (χ3v) is 3.63. The van der Waals surface area contributed by atoms with Crippen molar-refractivity contribution in [3.8, 4) is 0 Å². The van der Waals surface area contributed by atoms with Crippen LogP contribution in [0.2, 0.25) is 0 Å². The normalized spacial score (nSPS) is 13.0. The van der Waals surface area contributed by atoms with Crippen molar-refractivity contribution in [3.63, 3.8) is 0 Å². The lowest BCUT2D eigenvalue weighted by molar-refractivity contribution is -0.147. The van der Waals surface area contributed by atoms with E-state index >= 15 is 0 Å². The Morgan fingerprint density at radius 3 is 2.36 bits per heavy atom. The fourth-order valence-corrected chi connectivity index (χ4v) is 2.12. The Hall–Kier alpha value is -2.41. The van der Waals surface area contributed by atoms with Crippen LogP contribution in [0, 0.1) is 5.92 Å². The van der Waals surface area contributed by atoms with Crippen LogP contribution < -0.4 is 16.4 Å². The third-order valence-electron chi connectivity index (χ3n) is 3.63. The van der Waals surface area contributed by atoms with E-state index < -0.39 is 29.9 Å². The highest BCUT2D eigenvalue weighted by Crippen LogP contribution is 2.05. The van der Waals surface area contributed by atoms with Crippen molar-refractivity contribution in [1.82, 2.24) is 10.6 Å². The summed E-state index contributed by atoms with van der Waals surface area (Å²) in [4.78, 5) is 35.9. The molecular weight excluding hydrogens is 322 g/mol. The molecule has 0 aromatic heterocycles. The van der Waals surface area contributed by atoms with E-state index in [-0.39, 0.29) is 19.1 Å². The first-order valence-electron chi connectivity index (χ1n) is 8.38. The highest BCUT2D eigenvalue weighted by molar-refractivity contribution is 5.89. The van der Waals surface area contributed by atoms with E-state index in [0.717, 1.165) is 5.56 Å². The number of carbonyl (C=O) groups excluding carboxylic acids is 3. The van der Waals surface area contributed by atoms with Crippen LogP contribution >= 0.6 is 0 Å². The van der Waals surface area contributed by atoms with Gasteiger partial charge in [0.15, 0.2) is 0 Å². The van der Waals surface area contributed by atoms with Crippen molar-refractivity contribution in [3.05, 3.63) is 35.9 Å². The molecule has 1 unspecified atom stereocenters. The maximum absolute atomic E-state index is 12.1. The molecule has 1 aromatic carbocycles. The van der Waals surface area contributed by atoms with Crippen LogP contribution in [-0.2, 0) is 25.5 Å². The van der Waals surface area contributed by atoms with Gasteiger partial charge in [0.05, 0.1) is 19.2 Å². The molecule has 1 rings (SSSR count). The molecule has 25 heavy (non-hydrogen) atoms. The first-order chi connectivity index (χ1) is 11.8. The number of ether oxygens (including phenoxy) is 1. The number of amides is 2. The SMILES string of the molecule is CCOC(=O)C(Cc1ccccc1)NC(=O)CNC(=O)[C@@H](N)C(C)C. The quantitative estimate of drug-likeness (QED) is 0.558. The molecule has 7 heteroatoms. The van der Waals surface area contributed by atoms with E-state index in [9.17, 15) is 14.4 Å². The van der Waals surface area contributed by atoms with Crippen molar-refractivity contribution in [1.29, 1.82) is 0 Å². The van der Waals surface area contributed by atoms with Gasteiger partial charge in [0, 0.05) is 6.42 Å². The Bertz CT molecular complexity index is 575. The van der Waals surface area contributed by atoms with Crippen LogP contribution in [0.3, 0.4) is 0 Å². The average molecular weight is 349 g/mol. The molecule has 0 spiro atoms. The van der Waals surface area contributed by atoms with Crippen LogP contribution in [0.15, 0.2) is 30.3 Å². The Morgan fingerprint density at radius 2 is 1.80 bits per heavy atom. The van der Waals surface area contributed by atoms with Crippen molar-refractivity contribution in [2.24, 2.45) is 11.7 Å². The van der Waals surface area contributed by atoms with E-state index in [1.54, 1.807) is 6.92 Å². The summed E-state index contributed by atoms with van der Waals surface area (Å²) in [5.74, 6) is -1.42. The van der Waals surface area contributed by atoms with Crippen molar-refractivity contribution < 1.29 is 19.1 Å². The Balaban J connectivity index is 2.62. The highest BCUT2D eigenvalue weighted by Gasteiger charge is 2.23. The summed E-state index contributed by atoms with van der Waals surface area (Å²) in [7, 11) is 0. The van der Waals surface area contributed by atoms with Gasteiger partial charge >= 0.3 is 5.97 Å². The predicted molar refractivity (Wildman–Crippen MR) is 94.5 cm³/mol. The Labute approximate surface area is 148 Å². The van der Waals surface area contributed by atoms with Gasteiger partial charge in [-0.15, -0.1) is 0 Å². The average Bonchev–Trinajstić information content (AvgIpc) is 2.59. The van der Waals surface area contributed by atoms with Gasteiger partial charge in [-0.2, -0.15) is 0 Å². The minimum atomic E-state index is -0.814. The van der Waals surface area contributed by atoms with Crippen molar-refractivity contribution in [2.45, 2.75) is 39.3 Å². The first-order valence-corrected chi connectivity index (χ1v) is 8.38. The first kappa shape index (κ1) is 20.6. The standard InChI is InChI=1S/C18H27N3O4/c1-4-25-18(24)14(10-13-8-6-5-7-9-13)21-15(22)11-20-17(23)16(19)12(2)3/h5-9,12,14,16H,4,10-11,19H2,1-3H3,(H,20,23)(H,21,22)/t14?,16-/m0/s1. The minimum Gasteiger partial charge on any atom is -0.464 e. The summed E-state index contributed by atoms with van der Waals surface area (Å²) in [6.45, 7) is 5.32. The molecule has 2 amide bonds. The molecule has 0 saturated carbocycles. The largest absolute Gasteiger partial charge is 0.464 e. The van der Waals surface area contributed by atoms with E-state index in [2.05, 4.69) is 10.6 Å². The molecule has 138 valence electrons. The van der Waals surface area contributed by atoms with Crippen molar-refractivity contribution in [2.75, 3.05) is 13.2 Å². The van der Waals surface area contributed by atoms with Crippen LogP contribution in [0.1, 0.15) is 26.3 Å². The smallest absolute Gasteiger partial charge is 0.328 e. The van der Waals surface area contributed by atoms with Gasteiger partial charge in [0.2, 0.25) is 11.8 Å². The molecule has 4 N–H and O–H groups in total. The zero-order valence-corrected chi connectivity index (χ0v) is 15.0. The summed E-state index contributed by atoms with van der Waals surface area (Å²) in [5, 5.41) is 5.08. The summed E-state index contributed by atoms with van der Waals surface area (Å²) >= 11 is 0. The van der Waals surface area contributed by atoms with Gasteiger partial charge in [-0.3, -0.25) is 9.59 Å². The zero-order valence-electron chi connectivity index (χ0n) is 15.0. The summed E-state index contributed by atoms with van der Waals surface area (Å²) in [5.41, 5.74) is 6.61. The number of hydrogen-bond donors (Lipinski definition) is 3. The van der Waals surface area contributed by atoms with E-state index in [4.69, 9.17) is 10.5 Å². The molecule has 0 saturated heterocycles. The lowest BCUT2D eigenvalue weighted by Gasteiger charge is -2.19. The third kappa shape index (κ3) is 7.34. The Morgan fingerprint density at radius 1 is 1.16 bits per heavy atom. The molecule has 2 atom stereocenters. The molecule has 1 aromatic rings. The number of esters is 1. The monoisotopic (exact) mass is 349 g/mol. The number of nitrogens with one attached hydrogen (secondary N) is 2. The second-order valence-corrected chi connectivity index (χ2v) is 6.05. The molecule has 0 bridgehead atoms. The zero-order chi connectivity index (χ0) is 18.8. The maximum Gasteiger partial charge on any atom is 0.328 e. The van der Waals surface area contributed by atoms with Gasteiger partial charge in [-0.1, -0.05) is 44.2 Å². The molecule has 7 nitrogen and oxygen atoms in total. The molecular formula is C18H27N3O4. The molecule has 0 radical (unpaired) electrons. The molecule has 0 heterocycles. The second-order valence-electron chi connectivity index (χ2n) is 6.05. The lowest BCUT2D eigenvalue weighted by Crippen LogP contribution is -2.50. The molecule has 0 fully saturated rings. The van der Waals surface area contributed by atoms with Crippen LogP contribution in [-0.4, -0.2) is 43.0 Å². The lowest BCUT2D eigenvalue weighted by atomic mass is 10.1. The van der Waals surface area contributed by atoms with Crippen LogP contribution in [0.5, 0.6) is 0 Å². The molecule has 0 aliphatic carbocycles. The van der Waals surface area contributed by atoms with Gasteiger partial charge in [0.25, 0.3) is 0 Å². The van der Waals surface area contributed by atoms with Gasteiger partial charge in [0.1, 0.15) is 6.04 Å². The number of nitrogens with two attached hydrogens (primary N) is 1. The second kappa shape index (κ2) is 10.5. The fourth-order valence-electron chi connectivity index (χ4n) is 2.12. The number of carbonyl (C=O) groups is 3. The van der Waals surface area contributed by atoms with Gasteiger partial charge < -0.3 is 21.1 Å². The summed E-state index contributed by atoms with van der Waals surface area (Å²) in [6.07, 6.45) is 0.310. The van der Waals surface area contributed by atoms with E-state index in [1.165, 1.54) is 0 Å². The topological polar surface area (TPSA) is 111 Å². The van der Waals surface area contributed by atoms with E-state index in [1.807, 2.05) is 44.2 Å². The van der Waals surface area contributed by atoms with Crippen LogP contribution in [0.4, 0.5) is 0 Å². The highest BCUT2D eigenvalue weighted by atomic mass is 16.5. The minimum absolute atomic E-state index is 0.0339. The number of benzene rings is 1. The molecule has 0 aliphatic heterocycles. The summed E-state index contributed by atoms with van der Waals surface area (Å²) in [6, 6.07) is 7.81. The molecule has 0 aliphatic rings. The van der Waals surface area contributed by atoms with Crippen LogP contribution in [0.25, 0.3) is 0 Å². The maximum atomic E-state index is 12.1. The predicted octanol–water partition coefficient (Wildman–Crippen LogP) is 0.377. The summed E-state index contributed by atoms with van der Waals surface area (Å²) < 4.78 is 5.01. The number of rotatable bonds is 9. The van der Waals surface area contributed by atoms with Crippen molar-refractivity contribution >= 4 is 17.8 Å². The van der Waals surface area contributed by atoms with E-state index in [0.29, 0.717) is 6.42 Å². The number of hydrogen-bond acceptors (Lipinski definition) is 5. The van der Waals surface area contributed by atoms with Gasteiger partial charge in [-0.25, -0.2) is 4.79 Å².